The van der Waals surface area contributed by atoms with E-state index < -0.39 is 0 Å². The van der Waals surface area contributed by atoms with Crippen LogP contribution in [0.5, 0.6) is 5.75 Å². The normalized spacial score (nSPS) is 19.4. The summed E-state index contributed by atoms with van der Waals surface area (Å²) in [7, 11) is 1.68. The van der Waals surface area contributed by atoms with Crippen LogP contribution >= 0.6 is 0 Å². The van der Waals surface area contributed by atoms with E-state index in [1.807, 2.05) is 16.8 Å². The minimum Gasteiger partial charge on any atom is -0.497 e. The van der Waals surface area contributed by atoms with Crippen molar-refractivity contribution in [3.63, 3.8) is 0 Å². The van der Waals surface area contributed by atoms with Crippen LogP contribution in [0.3, 0.4) is 0 Å². The third-order valence-corrected chi connectivity index (χ3v) is 4.61. The van der Waals surface area contributed by atoms with Gasteiger partial charge in [-0.3, -0.25) is 0 Å². The fourth-order valence-electron chi connectivity index (χ4n) is 3.24. The number of nitrogens with zero attached hydrogens (tertiary/aromatic N) is 3. The molecule has 1 aliphatic rings. The van der Waals surface area contributed by atoms with E-state index >= 15 is 0 Å². The average molecular weight is 320 g/mol. The molecule has 0 radical (unpaired) electrons. The molecule has 0 aliphatic carbocycles. The van der Waals surface area contributed by atoms with E-state index in [4.69, 9.17) is 4.74 Å². The number of aryl methyl sites for hydroxylation is 1. The van der Waals surface area contributed by atoms with Crippen molar-refractivity contribution in [2.45, 2.75) is 25.4 Å². The molecular weight excluding hydrogens is 300 g/mol. The lowest BCUT2D eigenvalue weighted by atomic mass is 9.93. The van der Waals surface area contributed by atoms with Crippen LogP contribution in [0.2, 0.25) is 0 Å². The number of aromatic nitrogens is 3. The Labute approximate surface area is 141 Å². The van der Waals surface area contributed by atoms with Gasteiger partial charge < -0.3 is 10.1 Å². The highest BCUT2D eigenvalue weighted by molar-refractivity contribution is 5.39. The molecule has 1 aromatic heterocycles. The molecule has 2 aromatic carbocycles. The predicted molar refractivity (Wildman–Crippen MR) is 93.3 cm³/mol. The maximum atomic E-state index is 5.27. The molecule has 0 bridgehead atoms. The number of anilines is 1. The number of fused-ring (bicyclic) bond motifs is 1. The van der Waals surface area contributed by atoms with Crippen molar-refractivity contribution in [2.75, 3.05) is 12.4 Å². The largest absolute Gasteiger partial charge is 0.497 e. The van der Waals surface area contributed by atoms with Gasteiger partial charge in [-0.1, -0.05) is 42.0 Å². The Bertz CT molecular complexity index is 823. The molecule has 5 nitrogen and oxygen atoms in total. The first kappa shape index (κ1) is 14.8. The number of rotatable bonds is 3. The van der Waals surface area contributed by atoms with Crippen molar-refractivity contribution < 1.29 is 4.74 Å². The van der Waals surface area contributed by atoms with E-state index in [2.05, 4.69) is 58.7 Å². The van der Waals surface area contributed by atoms with Crippen LogP contribution in [0.15, 0.2) is 54.9 Å². The van der Waals surface area contributed by atoms with Crippen LogP contribution in [-0.4, -0.2) is 21.9 Å². The number of hydrogen-bond donors (Lipinski definition) is 1. The zero-order valence-corrected chi connectivity index (χ0v) is 13.8. The summed E-state index contributed by atoms with van der Waals surface area (Å²) in [5.41, 5.74) is 3.75. The molecule has 3 aromatic rings. The molecule has 1 aliphatic heterocycles. The maximum absolute atomic E-state index is 5.27. The predicted octanol–water partition coefficient (Wildman–Crippen LogP) is 3.74. The first-order valence-corrected chi connectivity index (χ1v) is 8.11. The smallest absolute Gasteiger partial charge is 0.222 e. The van der Waals surface area contributed by atoms with Crippen molar-refractivity contribution in [2.24, 2.45) is 0 Å². The molecule has 0 fully saturated rings. The number of hydrogen-bond acceptors (Lipinski definition) is 4. The van der Waals surface area contributed by atoms with E-state index in [1.54, 1.807) is 13.4 Å². The lowest BCUT2D eigenvalue weighted by molar-refractivity contribution is 0.411. The Kier molecular flexibility index (Phi) is 3.69. The fraction of sp³-hybridized carbons (Fsp3) is 0.263. The van der Waals surface area contributed by atoms with Gasteiger partial charge in [0, 0.05) is 0 Å². The summed E-state index contributed by atoms with van der Waals surface area (Å²) in [6, 6.07) is 17.2. The molecular formula is C19H20N4O. The Balaban J connectivity index is 1.69. The summed E-state index contributed by atoms with van der Waals surface area (Å²) in [5, 5.41) is 7.91. The fourth-order valence-corrected chi connectivity index (χ4v) is 3.24. The Morgan fingerprint density at radius 2 is 1.75 bits per heavy atom. The summed E-state index contributed by atoms with van der Waals surface area (Å²) in [6.45, 7) is 2.11. The monoisotopic (exact) mass is 320 g/mol. The zero-order valence-electron chi connectivity index (χ0n) is 13.8. The van der Waals surface area contributed by atoms with Crippen molar-refractivity contribution in [3.05, 3.63) is 71.5 Å². The number of ether oxygens (including phenoxy) is 1. The lowest BCUT2D eigenvalue weighted by Gasteiger charge is -2.32. The maximum Gasteiger partial charge on any atom is 0.222 e. The highest BCUT2D eigenvalue weighted by atomic mass is 16.5. The first-order chi connectivity index (χ1) is 11.7. The van der Waals surface area contributed by atoms with Crippen molar-refractivity contribution >= 4 is 5.95 Å². The third-order valence-electron chi connectivity index (χ3n) is 4.61. The van der Waals surface area contributed by atoms with Crippen LogP contribution in [0.25, 0.3) is 0 Å². The molecule has 0 spiro atoms. The number of benzene rings is 2. The van der Waals surface area contributed by atoms with Gasteiger partial charge in [-0.2, -0.15) is 10.1 Å². The molecule has 0 saturated heterocycles. The second-order valence-corrected chi connectivity index (χ2v) is 6.16. The quantitative estimate of drug-likeness (QED) is 0.799. The van der Waals surface area contributed by atoms with Crippen molar-refractivity contribution in [3.8, 4) is 5.75 Å². The van der Waals surface area contributed by atoms with Gasteiger partial charge in [-0.15, -0.1) is 0 Å². The highest BCUT2D eigenvalue weighted by Gasteiger charge is 2.29. The van der Waals surface area contributed by atoms with E-state index in [0.29, 0.717) is 0 Å². The van der Waals surface area contributed by atoms with Gasteiger partial charge in [0.25, 0.3) is 0 Å². The summed E-state index contributed by atoms with van der Waals surface area (Å²) < 4.78 is 7.23. The molecule has 24 heavy (non-hydrogen) atoms. The van der Waals surface area contributed by atoms with Crippen molar-refractivity contribution in [1.29, 1.82) is 0 Å². The van der Waals surface area contributed by atoms with Crippen LogP contribution < -0.4 is 10.1 Å². The summed E-state index contributed by atoms with van der Waals surface area (Å²) in [5.74, 6) is 1.68. The molecule has 122 valence electrons. The Morgan fingerprint density at radius 3 is 2.46 bits per heavy atom. The molecule has 5 heteroatoms. The molecule has 2 unspecified atom stereocenters. The van der Waals surface area contributed by atoms with Gasteiger partial charge in [0.2, 0.25) is 5.95 Å². The minimum atomic E-state index is 0.154. The van der Waals surface area contributed by atoms with Gasteiger partial charge in [0.05, 0.1) is 19.2 Å². The van der Waals surface area contributed by atoms with Crippen LogP contribution in [0, 0.1) is 6.92 Å². The van der Waals surface area contributed by atoms with E-state index in [-0.39, 0.29) is 12.1 Å². The standard InChI is InChI=1S/C19H20N4O/c1-13-3-5-14(6-4-13)17-11-18(23-19(22-17)20-12-21-23)15-7-9-16(24-2)10-8-15/h3-10,12,17-18H,11H2,1-2H3,(H,20,21,22). The number of nitrogens with one attached hydrogen (secondary N) is 1. The zero-order chi connectivity index (χ0) is 16.5. The Morgan fingerprint density at radius 1 is 1.04 bits per heavy atom. The van der Waals surface area contributed by atoms with Crippen LogP contribution in [0.1, 0.15) is 35.2 Å². The molecule has 4 rings (SSSR count). The molecule has 2 heterocycles. The second-order valence-electron chi connectivity index (χ2n) is 6.16. The molecule has 0 saturated carbocycles. The molecule has 1 N–H and O–H groups in total. The number of methoxy groups -OCH3 is 1. The van der Waals surface area contributed by atoms with Gasteiger partial charge in [0.1, 0.15) is 12.1 Å². The van der Waals surface area contributed by atoms with E-state index in [9.17, 15) is 0 Å². The minimum absolute atomic E-state index is 0.154. The Hall–Kier alpha value is -2.82. The third kappa shape index (κ3) is 2.62. The molecule has 0 amide bonds. The summed E-state index contributed by atoms with van der Waals surface area (Å²) >= 11 is 0. The van der Waals surface area contributed by atoms with Gasteiger partial charge in [0.15, 0.2) is 0 Å². The van der Waals surface area contributed by atoms with E-state index in [1.165, 1.54) is 16.7 Å². The SMILES string of the molecule is COc1ccc(C2CC(c3ccc(C)cc3)Nc3ncnn32)cc1. The van der Waals surface area contributed by atoms with Crippen molar-refractivity contribution in [1.82, 2.24) is 14.8 Å². The average Bonchev–Trinajstić information content (AvgIpc) is 3.10. The molecule has 2 atom stereocenters. The summed E-state index contributed by atoms with van der Waals surface area (Å²) in [4.78, 5) is 4.38. The topological polar surface area (TPSA) is 52.0 Å². The van der Waals surface area contributed by atoms with Gasteiger partial charge >= 0.3 is 0 Å². The lowest BCUT2D eigenvalue weighted by Crippen LogP contribution is -2.28. The highest BCUT2D eigenvalue weighted by Crippen LogP contribution is 2.37. The second kappa shape index (κ2) is 6.00. The van der Waals surface area contributed by atoms with Gasteiger partial charge in [-0.05, 0) is 36.6 Å². The van der Waals surface area contributed by atoms with Crippen LogP contribution in [0.4, 0.5) is 5.95 Å². The van der Waals surface area contributed by atoms with Crippen LogP contribution in [-0.2, 0) is 0 Å². The first-order valence-electron chi connectivity index (χ1n) is 8.11. The summed E-state index contributed by atoms with van der Waals surface area (Å²) in [6.07, 6.45) is 2.53. The van der Waals surface area contributed by atoms with Gasteiger partial charge in [-0.25, -0.2) is 4.68 Å². The van der Waals surface area contributed by atoms with E-state index in [0.717, 1.165) is 18.1 Å².